The first-order chi connectivity index (χ1) is 9.99. The Labute approximate surface area is 141 Å². The number of nitrogens with one attached hydrogen (secondary N) is 1. The monoisotopic (exact) mass is 350 g/mol. The normalized spacial score (nSPS) is 21.6. The fourth-order valence-electron chi connectivity index (χ4n) is 2.49. The van der Waals surface area contributed by atoms with Crippen molar-refractivity contribution in [2.75, 3.05) is 33.3 Å². The van der Waals surface area contributed by atoms with E-state index < -0.39 is 5.82 Å². The van der Waals surface area contributed by atoms with Crippen LogP contribution in [0.4, 0.5) is 4.39 Å². The van der Waals surface area contributed by atoms with Gasteiger partial charge in [0.1, 0.15) is 5.82 Å². The van der Waals surface area contributed by atoms with Crippen molar-refractivity contribution in [2.45, 2.75) is 13.0 Å². The van der Waals surface area contributed by atoms with Crippen LogP contribution >= 0.6 is 24.0 Å². The van der Waals surface area contributed by atoms with Crippen LogP contribution in [0, 0.1) is 11.7 Å². The Morgan fingerprint density at radius 2 is 2.27 bits per heavy atom. The highest BCUT2D eigenvalue weighted by Gasteiger charge is 2.28. The maximum Gasteiger partial charge on any atom is 0.219 e. The Bertz CT molecular complexity index is 516. The second kappa shape index (κ2) is 8.67. The molecule has 1 aliphatic rings. The van der Waals surface area contributed by atoms with Crippen molar-refractivity contribution < 1.29 is 13.9 Å². The Morgan fingerprint density at radius 1 is 1.55 bits per heavy atom. The van der Waals surface area contributed by atoms with E-state index in [0.717, 1.165) is 12.1 Å². The molecule has 1 N–H and O–H groups in total. The third-order valence-electron chi connectivity index (χ3n) is 3.73. The van der Waals surface area contributed by atoms with Crippen molar-refractivity contribution >= 4 is 29.9 Å². The van der Waals surface area contributed by atoms with Crippen molar-refractivity contribution in [1.82, 2.24) is 10.2 Å². The lowest BCUT2D eigenvalue weighted by molar-refractivity contribution is -0.128. The molecule has 1 aromatic rings. The predicted octanol–water partition coefficient (Wildman–Crippen LogP) is 2.66. The number of ether oxygens (including phenoxy) is 1. The highest BCUT2D eigenvalue weighted by Crippen LogP contribution is 2.30. The van der Waals surface area contributed by atoms with E-state index in [1.54, 1.807) is 24.1 Å². The molecular formula is C15H21Cl2FN2O2. The van der Waals surface area contributed by atoms with Gasteiger partial charge < -0.3 is 15.0 Å². The maximum atomic E-state index is 13.7. The van der Waals surface area contributed by atoms with Crippen LogP contribution in [0.15, 0.2) is 18.2 Å². The molecule has 124 valence electrons. The average molecular weight is 351 g/mol. The number of carbonyl (C=O) groups excluding carboxylic acids is 1. The van der Waals surface area contributed by atoms with Crippen molar-refractivity contribution in [3.63, 3.8) is 0 Å². The molecule has 2 rings (SSSR count). The van der Waals surface area contributed by atoms with Gasteiger partial charge in [-0.05, 0) is 17.7 Å². The predicted molar refractivity (Wildman–Crippen MR) is 87.0 cm³/mol. The zero-order valence-electron chi connectivity index (χ0n) is 12.6. The van der Waals surface area contributed by atoms with Crippen molar-refractivity contribution in [3.8, 4) is 0 Å². The van der Waals surface area contributed by atoms with Crippen molar-refractivity contribution in [2.24, 2.45) is 5.92 Å². The van der Waals surface area contributed by atoms with Gasteiger partial charge in [0.05, 0.1) is 17.7 Å². The molecule has 1 saturated heterocycles. The molecule has 0 spiro atoms. The molecule has 7 heteroatoms. The topological polar surface area (TPSA) is 41.6 Å². The summed E-state index contributed by atoms with van der Waals surface area (Å²) in [6, 6.07) is 4.74. The zero-order valence-corrected chi connectivity index (χ0v) is 14.2. The molecule has 1 aliphatic heterocycles. The second-order valence-electron chi connectivity index (χ2n) is 5.33. The summed E-state index contributed by atoms with van der Waals surface area (Å²) in [5.41, 5.74) is 0.752. The van der Waals surface area contributed by atoms with Crippen LogP contribution in [0.1, 0.15) is 18.6 Å². The summed E-state index contributed by atoms with van der Waals surface area (Å²) in [5.74, 6) is -0.393. The zero-order chi connectivity index (χ0) is 15.4. The first-order valence-corrected chi connectivity index (χ1v) is 7.36. The number of benzene rings is 1. The van der Waals surface area contributed by atoms with E-state index in [9.17, 15) is 9.18 Å². The molecule has 0 aliphatic carbocycles. The van der Waals surface area contributed by atoms with Gasteiger partial charge in [0.25, 0.3) is 0 Å². The number of nitrogens with zero attached hydrogens (tertiary/aromatic N) is 1. The number of hydrogen-bond acceptors (Lipinski definition) is 3. The number of amides is 1. The van der Waals surface area contributed by atoms with Crippen molar-refractivity contribution in [1.29, 1.82) is 0 Å². The lowest BCUT2D eigenvalue weighted by Crippen LogP contribution is -2.36. The van der Waals surface area contributed by atoms with E-state index in [4.69, 9.17) is 16.3 Å². The number of hydrogen-bond donors (Lipinski definition) is 1. The van der Waals surface area contributed by atoms with E-state index in [2.05, 4.69) is 5.32 Å². The summed E-state index contributed by atoms with van der Waals surface area (Å²) >= 11 is 5.73. The Hall–Kier alpha value is -0.880. The molecule has 22 heavy (non-hydrogen) atoms. The summed E-state index contributed by atoms with van der Waals surface area (Å²) in [5, 5.41) is 3.38. The lowest BCUT2D eigenvalue weighted by Gasteiger charge is -2.29. The summed E-state index contributed by atoms with van der Waals surface area (Å²) in [7, 11) is 1.76. The van der Waals surface area contributed by atoms with Crippen LogP contribution < -0.4 is 5.32 Å². The first kappa shape index (κ1) is 19.2. The van der Waals surface area contributed by atoms with Crippen molar-refractivity contribution in [3.05, 3.63) is 34.6 Å². The van der Waals surface area contributed by atoms with Crippen LogP contribution in [0.3, 0.4) is 0 Å². The maximum absolute atomic E-state index is 13.7. The first-order valence-electron chi connectivity index (χ1n) is 6.98. The van der Waals surface area contributed by atoms with Gasteiger partial charge in [-0.25, -0.2) is 4.39 Å². The van der Waals surface area contributed by atoms with E-state index in [1.807, 2.05) is 0 Å². The van der Waals surface area contributed by atoms with E-state index in [0.29, 0.717) is 19.7 Å². The minimum Gasteiger partial charge on any atom is -0.372 e. The fourth-order valence-corrected chi connectivity index (χ4v) is 2.60. The third kappa shape index (κ3) is 4.81. The Morgan fingerprint density at radius 3 is 2.91 bits per heavy atom. The third-order valence-corrected chi connectivity index (χ3v) is 4.04. The highest BCUT2D eigenvalue weighted by molar-refractivity contribution is 6.30. The summed E-state index contributed by atoms with van der Waals surface area (Å²) in [6.45, 7) is 4.09. The van der Waals surface area contributed by atoms with Gasteiger partial charge in [-0.3, -0.25) is 4.79 Å². The quantitative estimate of drug-likeness (QED) is 0.910. The number of halogens is 3. The largest absolute Gasteiger partial charge is 0.372 e. The van der Waals surface area contributed by atoms with E-state index >= 15 is 0 Å². The number of carbonyl (C=O) groups is 1. The van der Waals surface area contributed by atoms with Crippen LogP contribution in [0.25, 0.3) is 0 Å². The minimum atomic E-state index is -0.450. The summed E-state index contributed by atoms with van der Waals surface area (Å²) < 4.78 is 19.6. The molecule has 4 nitrogen and oxygen atoms in total. The Kier molecular flexibility index (Phi) is 7.56. The van der Waals surface area contributed by atoms with Gasteiger partial charge in [0.15, 0.2) is 0 Å². The summed E-state index contributed by atoms with van der Waals surface area (Å²) in [4.78, 5) is 13.1. The fraction of sp³-hybridized carbons (Fsp3) is 0.533. The van der Waals surface area contributed by atoms with Crippen LogP contribution in [-0.4, -0.2) is 44.1 Å². The molecule has 2 atom stereocenters. The van der Waals surface area contributed by atoms with Gasteiger partial charge >= 0.3 is 0 Å². The average Bonchev–Trinajstić information content (AvgIpc) is 2.67. The van der Waals surface area contributed by atoms with Crippen LogP contribution in [0.2, 0.25) is 5.02 Å². The van der Waals surface area contributed by atoms with Crippen LogP contribution in [-0.2, 0) is 9.53 Å². The van der Waals surface area contributed by atoms with E-state index in [-0.39, 0.29) is 35.4 Å². The van der Waals surface area contributed by atoms with Gasteiger partial charge in [0.2, 0.25) is 5.91 Å². The summed E-state index contributed by atoms with van der Waals surface area (Å²) in [6.07, 6.45) is -0.256. The molecule has 0 aromatic heterocycles. The Balaban J connectivity index is 0.00000242. The molecule has 0 radical (unpaired) electrons. The van der Waals surface area contributed by atoms with Gasteiger partial charge in [0, 0.05) is 39.5 Å². The smallest absolute Gasteiger partial charge is 0.219 e. The molecule has 1 amide bonds. The molecule has 0 bridgehead atoms. The van der Waals surface area contributed by atoms with Gasteiger partial charge in [-0.15, -0.1) is 12.4 Å². The SMILES string of the molecule is CC(=O)N(C)C[C@@H]1CNCCO[C@H]1c1ccc(Cl)c(F)c1.Cl. The molecular weight excluding hydrogens is 330 g/mol. The van der Waals surface area contributed by atoms with Gasteiger partial charge in [-0.2, -0.15) is 0 Å². The molecule has 1 heterocycles. The molecule has 1 fully saturated rings. The highest BCUT2D eigenvalue weighted by atomic mass is 35.5. The van der Waals surface area contributed by atoms with Gasteiger partial charge in [-0.1, -0.05) is 17.7 Å². The number of rotatable bonds is 3. The molecule has 1 aromatic carbocycles. The minimum absolute atomic E-state index is 0. The van der Waals surface area contributed by atoms with E-state index in [1.165, 1.54) is 13.0 Å². The molecule has 0 unspecified atom stereocenters. The standard InChI is InChI=1S/C15H20ClFN2O2.ClH/c1-10(20)19(2)9-12-8-18-5-6-21-15(12)11-3-4-13(16)14(17)7-11;/h3-4,7,12,15,18H,5-6,8-9H2,1-2H3;1H/t12-,15-;/m0./s1. The van der Waals surface area contributed by atoms with Crippen LogP contribution in [0.5, 0.6) is 0 Å². The lowest BCUT2D eigenvalue weighted by atomic mass is 9.94. The molecule has 0 saturated carbocycles. The second-order valence-corrected chi connectivity index (χ2v) is 5.74.